The van der Waals surface area contributed by atoms with Crippen LogP contribution in [0.25, 0.3) is 11.0 Å². The molecule has 1 aromatic heterocycles. The van der Waals surface area contributed by atoms with Crippen molar-refractivity contribution in [3.8, 4) is 0 Å². The largest absolute Gasteiger partial charge is 0.549 e. The van der Waals surface area contributed by atoms with Crippen molar-refractivity contribution in [1.82, 2.24) is 4.98 Å². The second kappa shape index (κ2) is 5.53. The number of carbonyl (C=O) groups is 1. The number of carboxylic acid groups (broad SMARTS) is 1. The summed E-state index contributed by atoms with van der Waals surface area (Å²) in [5.74, 6) is 0.518. The third-order valence-corrected chi connectivity index (χ3v) is 2.90. The van der Waals surface area contributed by atoms with Gasteiger partial charge in [0.25, 0.3) is 5.82 Å². The van der Waals surface area contributed by atoms with Crippen molar-refractivity contribution in [1.29, 1.82) is 0 Å². The average molecular weight is 240 g/mol. The Morgan fingerprint density at radius 2 is 2.19 bits per heavy atom. The van der Waals surface area contributed by atoms with Gasteiger partial charge in [0, 0.05) is 5.75 Å². The molecule has 86 valence electrons. The molecule has 0 radical (unpaired) electrons. The van der Waals surface area contributed by atoms with Gasteiger partial charge in [-0.2, -0.15) is 0 Å². The van der Waals surface area contributed by atoms with E-state index in [2.05, 4.69) is 9.97 Å². The Morgan fingerprint density at radius 3 is 2.88 bits per heavy atom. The van der Waals surface area contributed by atoms with Gasteiger partial charge in [0.05, 0.1) is 11.7 Å². The summed E-state index contributed by atoms with van der Waals surface area (Å²) in [7, 11) is 0. The lowest BCUT2D eigenvalue weighted by atomic mass is 10.3. The summed E-state index contributed by atoms with van der Waals surface area (Å²) in [5.41, 5.74) is 2.06. The number of carboxylic acids is 1. The Labute approximate surface area is 96.2 Å². The summed E-state index contributed by atoms with van der Waals surface area (Å²) in [6.07, 6.45) is 0. The number of nitrogens with one attached hydrogen (secondary N) is 2. The Morgan fingerprint density at radius 1 is 1.44 bits per heavy atom. The molecule has 0 saturated heterocycles. The molecular weight excluding hydrogens is 228 g/mol. The van der Waals surface area contributed by atoms with Crippen LogP contribution >= 0.6 is 11.8 Å². The predicted molar refractivity (Wildman–Crippen MR) is 59.6 cm³/mol. The maximum atomic E-state index is 10.2. The van der Waals surface area contributed by atoms with Gasteiger partial charge in [0.15, 0.2) is 11.0 Å². The fourth-order valence-electron chi connectivity index (χ4n) is 1.37. The molecule has 0 spiro atoms. The van der Waals surface area contributed by atoms with Gasteiger partial charge < -0.3 is 15.4 Å². The van der Waals surface area contributed by atoms with Crippen LogP contribution < -0.4 is 10.1 Å². The smallest absolute Gasteiger partial charge is 0.263 e. The number of fused-ring (bicyclic) bond motifs is 1. The van der Waals surface area contributed by atoms with E-state index in [1.54, 1.807) is 0 Å². The highest BCUT2D eigenvalue weighted by atomic mass is 32.2. The molecule has 0 fully saturated rings. The van der Waals surface area contributed by atoms with Gasteiger partial charge in [-0.15, -0.1) is 11.8 Å². The van der Waals surface area contributed by atoms with Crippen molar-refractivity contribution < 1.29 is 20.4 Å². The lowest BCUT2D eigenvalue weighted by molar-refractivity contribution is -0.355. The van der Waals surface area contributed by atoms with Crippen LogP contribution in [-0.2, 0) is 10.5 Å². The number of thioether (sulfide) groups is 1. The second-order valence-electron chi connectivity index (χ2n) is 3.14. The van der Waals surface area contributed by atoms with E-state index in [4.69, 9.17) is 0 Å². The lowest BCUT2D eigenvalue weighted by Crippen LogP contribution is -2.24. The molecule has 1 aromatic carbocycles. The van der Waals surface area contributed by atoms with E-state index >= 15 is 0 Å². The normalized spacial score (nSPS) is 10.0. The minimum atomic E-state index is -1.03. The van der Waals surface area contributed by atoms with E-state index in [0.29, 0.717) is 5.75 Å². The first kappa shape index (κ1) is 12.5. The number of hydrogen-bond donors (Lipinski definition) is 1. The third kappa shape index (κ3) is 2.98. The van der Waals surface area contributed by atoms with Crippen LogP contribution in [0, 0.1) is 0 Å². The van der Waals surface area contributed by atoms with Crippen molar-refractivity contribution >= 4 is 28.8 Å². The van der Waals surface area contributed by atoms with E-state index in [-0.39, 0.29) is 11.2 Å². The van der Waals surface area contributed by atoms with Crippen molar-refractivity contribution in [3.05, 3.63) is 30.1 Å². The van der Waals surface area contributed by atoms with Crippen LogP contribution in [0.5, 0.6) is 0 Å². The molecule has 0 unspecified atom stereocenters. The van der Waals surface area contributed by atoms with Crippen LogP contribution in [0.3, 0.4) is 0 Å². The Hall–Kier alpha value is -1.53. The zero-order valence-electron chi connectivity index (χ0n) is 8.45. The maximum absolute atomic E-state index is 10.2. The highest BCUT2D eigenvalue weighted by Crippen LogP contribution is 2.10. The van der Waals surface area contributed by atoms with Gasteiger partial charge in [0.1, 0.15) is 0 Å². The SMILES string of the molecule is O.O=C([O-])CSCc1[nH]c2ccccc2[nH+]1. The van der Waals surface area contributed by atoms with Gasteiger partial charge in [-0.05, 0) is 12.1 Å². The van der Waals surface area contributed by atoms with E-state index in [9.17, 15) is 9.90 Å². The van der Waals surface area contributed by atoms with E-state index < -0.39 is 5.97 Å². The van der Waals surface area contributed by atoms with Crippen LogP contribution in [0.4, 0.5) is 0 Å². The van der Waals surface area contributed by atoms with Crippen molar-refractivity contribution in [2.24, 2.45) is 0 Å². The highest BCUT2D eigenvalue weighted by Gasteiger charge is 2.08. The molecule has 4 N–H and O–H groups in total. The molecule has 0 aliphatic rings. The number of benzene rings is 1. The topological polar surface area (TPSA) is 102 Å². The average Bonchev–Trinajstić information content (AvgIpc) is 2.59. The number of rotatable bonds is 4. The zero-order valence-corrected chi connectivity index (χ0v) is 9.26. The molecule has 0 aliphatic carbocycles. The molecule has 0 saturated carbocycles. The number of imidazole rings is 1. The molecule has 0 bridgehead atoms. The highest BCUT2D eigenvalue weighted by molar-refractivity contribution is 7.99. The molecular formula is C10H12N2O3S. The Balaban J connectivity index is 0.00000128. The lowest BCUT2D eigenvalue weighted by Gasteiger charge is -1.96. The Kier molecular flexibility index (Phi) is 4.33. The van der Waals surface area contributed by atoms with Crippen LogP contribution in [0.1, 0.15) is 5.82 Å². The molecule has 2 aromatic rings. The summed E-state index contributed by atoms with van der Waals surface area (Å²) in [6.45, 7) is 0. The van der Waals surface area contributed by atoms with Crippen molar-refractivity contribution in [2.45, 2.75) is 5.75 Å². The fraction of sp³-hybridized carbons (Fsp3) is 0.200. The fourth-order valence-corrected chi connectivity index (χ4v) is 1.98. The standard InChI is InChI=1S/C10H10N2O2S.H2O/c13-10(14)6-15-5-9-11-7-3-1-2-4-8(7)12-9;/h1-4H,5-6H2,(H,11,12)(H,13,14);1H2. The summed E-state index contributed by atoms with van der Waals surface area (Å²) >= 11 is 1.31. The van der Waals surface area contributed by atoms with E-state index in [0.717, 1.165) is 16.9 Å². The quantitative estimate of drug-likeness (QED) is 0.752. The van der Waals surface area contributed by atoms with Crippen LogP contribution in [0.2, 0.25) is 0 Å². The third-order valence-electron chi connectivity index (χ3n) is 1.96. The molecule has 2 rings (SSSR count). The first-order chi connectivity index (χ1) is 7.25. The van der Waals surface area contributed by atoms with Crippen molar-refractivity contribution in [2.75, 3.05) is 5.75 Å². The number of para-hydroxylation sites is 2. The first-order valence-corrected chi connectivity index (χ1v) is 5.67. The van der Waals surface area contributed by atoms with Gasteiger partial charge in [0.2, 0.25) is 0 Å². The molecule has 1 heterocycles. The second-order valence-corrected chi connectivity index (χ2v) is 4.12. The number of aromatic nitrogens is 2. The van der Waals surface area contributed by atoms with Crippen LogP contribution in [-0.4, -0.2) is 22.2 Å². The monoisotopic (exact) mass is 240 g/mol. The Bertz CT molecular complexity index is 451. The summed E-state index contributed by atoms with van der Waals surface area (Å²) in [5, 5.41) is 10.2. The summed E-state index contributed by atoms with van der Waals surface area (Å²) in [4.78, 5) is 16.6. The summed E-state index contributed by atoms with van der Waals surface area (Å²) < 4.78 is 0. The van der Waals surface area contributed by atoms with E-state index in [1.807, 2.05) is 24.3 Å². The minimum absolute atomic E-state index is 0. The number of carbonyl (C=O) groups excluding carboxylic acids is 1. The molecule has 0 atom stereocenters. The van der Waals surface area contributed by atoms with Gasteiger partial charge in [-0.3, -0.25) is 0 Å². The van der Waals surface area contributed by atoms with Crippen molar-refractivity contribution in [3.63, 3.8) is 0 Å². The van der Waals surface area contributed by atoms with Gasteiger partial charge >= 0.3 is 0 Å². The van der Waals surface area contributed by atoms with E-state index in [1.165, 1.54) is 11.8 Å². The van der Waals surface area contributed by atoms with Crippen LogP contribution in [0.15, 0.2) is 24.3 Å². The summed E-state index contributed by atoms with van der Waals surface area (Å²) in [6, 6.07) is 7.84. The van der Waals surface area contributed by atoms with Gasteiger partial charge in [-0.1, -0.05) is 12.1 Å². The number of aliphatic carboxylic acids is 1. The first-order valence-electron chi connectivity index (χ1n) is 4.52. The number of aromatic amines is 2. The zero-order chi connectivity index (χ0) is 10.7. The molecule has 6 heteroatoms. The number of hydrogen-bond acceptors (Lipinski definition) is 3. The molecule has 0 aliphatic heterocycles. The molecule has 0 amide bonds. The predicted octanol–water partition coefficient (Wildman–Crippen LogP) is -0.860. The maximum Gasteiger partial charge on any atom is 0.263 e. The number of H-pyrrole nitrogens is 2. The van der Waals surface area contributed by atoms with Gasteiger partial charge in [-0.25, -0.2) is 9.97 Å². The molecule has 5 nitrogen and oxygen atoms in total. The molecule has 16 heavy (non-hydrogen) atoms. The minimum Gasteiger partial charge on any atom is -0.549 e.